The summed E-state index contributed by atoms with van der Waals surface area (Å²) in [4.78, 5) is 16.4. The molecule has 25 heavy (non-hydrogen) atoms. The van der Waals surface area contributed by atoms with Crippen LogP contribution in [0.4, 0.5) is 5.13 Å². The van der Waals surface area contributed by atoms with Crippen LogP contribution in [0.5, 0.6) is 0 Å². The molecule has 0 radical (unpaired) electrons. The van der Waals surface area contributed by atoms with Gasteiger partial charge in [-0.15, -0.1) is 11.3 Å². The number of sulfonamides is 1. The van der Waals surface area contributed by atoms with Crippen molar-refractivity contribution < 1.29 is 13.2 Å². The van der Waals surface area contributed by atoms with Gasteiger partial charge in [-0.3, -0.25) is 9.52 Å². The molecule has 1 aliphatic rings. The van der Waals surface area contributed by atoms with E-state index in [2.05, 4.69) is 15.0 Å². The molecule has 1 fully saturated rings. The number of hydrogen-bond acceptors (Lipinski definition) is 5. The maximum atomic E-state index is 12.4. The molecule has 1 aromatic heterocycles. The summed E-state index contributed by atoms with van der Waals surface area (Å²) >= 11 is 1.18. The van der Waals surface area contributed by atoms with Crippen molar-refractivity contribution in [3.63, 3.8) is 0 Å². The summed E-state index contributed by atoms with van der Waals surface area (Å²) < 4.78 is 27.2. The van der Waals surface area contributed by atoms with Crippen molar-refractivity contribution in [2.24, 2.45) is 0 Å². The molecule has 3 rings (SSSR count). The number of nitrogens with one attached hydrogen (secondary N) is 2. The van der Waals surface area contributed by atoms with Gasteiger partial charge in [0.1, 0.15) is 0 Å². The van der Waals surface area contributed by atoms with Crippen LogP contribution in [-0.4, -0.2) is 25.4 Å². The van der Waals surface area contributed by atoms with Gasteiger partial charge in [-0.05, 0) is 31.9 Å². The van der Waals surface area contributed by atoms with Crippen LogP contribution in [0.25, 0.3) is 0 Å². The lowest BCUT2D eigenvalue weighted by atomic mass is 10.2. The zero-order valence-corrected chi connectivity index (χ0v) is 15.6. The number of aryl methyl sites for hydroxylation is 1. The second-order valence-corrected chi connectivity index (χ2v) is 8.83. The van der Waals surface area contributed by atoms with Gasteiger partial charge < -0.3 is 5.32 Å². The van der Waals surface area contributed by atoms with Crippen LogP contribution in [0.1, 0.15) is 36.9 Å². The average molecular weight is 380 g/mol. The molecule has 0 spiro atoms. The Morgan fingerprint density at radius 3 is 2.60 bits per heavy atom. The summed E-state index contributed by atoms with van der Waals surface area (Å²) in [5.41, 5.74) is 1.56. The third kappa shape index (κ3) is 4.79. The molecule has 2 aromatic rings. The molecule has 6 nitrogen and oxygen atoms in total. The van der Waals surface area contributed by atoms with Crippen molar-refractivity contribution in [1.29, 1.82) is 0 Å². The van der Waals surface area contributed by atoms with Crippen LogP contribution in [0, 0.1) is 6.92 Å². The maximum absolute atomic E-state index is 12.4. The number of thiazole rings is 1. The third-order valence-corrected chi connectivity index (χ3v) is 6.46. The number of amides is 1. The summed E-state index contributed by atoms with van der Waals surface area (Å²) in [6.07, 6.45) is 4.55. The van der Waals surface area contributed by atoms with E-state index in [0.29, 0.717) is 5.69 Å². The van der Waals surface area contributed by atoms with Crippen molar-refractivity contribution in [3.8, 4) is 0 Å². The summed E-state index contributed by atoms with van der Waals surface area (Å²) in [6.45, 7) is 1.90. The van der Waals surface area contributed by atoms with Crippen LogP contribution < -0.4 is 10.0 Å². The van der Waals surface area contributed by atoms with E-state index in [1.807, 2.05) is 6.92 Å². The highest BCUT2D eigenvalue weighted by molar-refractivity contribution is 7.93. The molecular weight excluding hydrogens is 358 g/mol. The Balaban J connectivity index is 1.61. The number of carbonyl (C=O) groups is 1. The van der Waals surface area contributed by atoms with E-state index in [1.54, 1.807) is 29.6 Å². The van der Waals surface area contributed by atoms with Crippen molar-refractivity contribution in [1.82, 2.24) is 10.3 Å². The van der Waals surface area contributed by atoms with Crippen LogP contribution in [0.3, 0.4) is 0 Å². The fourth-order valence-corrected chi connectivity index (χ4v) is 4.80. The standard InChI is InChI=1S/C17H21N3O3S2/c1-12-6-8-15(9-7-12)25(22,23)20-17-19-14(11-24-17)10-16(21)18-13-4-2-3-5-13/h6-9,11,13H,2-5,10H2,1H3,(H,18,21)(H,19,20). The van der Waals surface area contributed by atoms with E-state index in [1.165, 1.54) is 11.3 Å². The predicted molar refractivity (Wildman–Crippen MR) is 98.2 cm³/mol. The van der Waals surface area contributed by atoms with Crippen LogP contribution in [-0.2, 0) is 21.2 Å². The smallest absolute Gasteiger partial charge is 0.263 e. The Kier molecular flexibility index (Phi) is 5.39. The van der Waals surface area contributed by atoms with E-state index >= 15 is 0 Å². The second kappa shape index (κ2) is 7.53. The number of rotatable bonds is 6. The first-order valence-corrected chi connectivity index (χ1v) is 10.6. The van der Waals surface area contributed by atoms with Crippen molar-refractivity contribution in [2.45, 2.75) is 50.0 Å². The van der Waals surface area contributed by atoms with Crippen molar-refractivity contribution in [2.75, 3.05) is 4.72 Å². The van der Waals surface area contributed by atoms with Gasteiger partial charge in [-0.2, -0.15) is 0 Å². The van der Waals surface area contributed by atoms with Crippen LogP contribution in [0.2, 0.25) is 0 Å². The highest BCUT2D eigenvalue weighted by Gasteiger charge is 2.19. The molecule has 134 valence electrons. The van der Waals surface area contributed by atoms with E-state index in [9.17, 15) is 13.2 Å². The Hall–Kier alpha value is -1.93. The van der Waals surface area contributed by atoms with Crippen LogP contribution in [0.15, 0.2) is 34.5 Å². The van der Waals surface area contributed by atoms with E-state index < -0.39 is 10.0 Å². The van der Waals surface area contributed by atoms with Gasteiger partial charge in [0.15, 0.2) is 5.13 Å². The molecule has 0 atom stereocenters. The lowest BCUT2D eigenvalue weighted by Crippen LogP contribution is -2.33. The minimum absolute atomic E-state index is 0.0647. The zero-order chi connectivity index (χ0) is 17.9. The van der Waals surface area contributed by atoms with Crippen molar-refractivity contribution >= 4 is 32.4 Å². The molecule has 8 heteroatoms. The lowest BCUT2D eigenvalue weighted by molar-refractivity contribution is -0.121. The van der Waals surface area contributed by atoms with Gasteiger partial charge in [0.25, 0.3) is 10.0 Å². The molecule has 0 bridgehead atoms. The minimum Gasteiger partial charge on any atom is -0.353 e. The number of carbonyl (C=O) groups excluding carboxylic acids is 1. The highest BCUT2D eigenvalue weighted by Crippen LogP contribution is 2.21. The first-order chi connectivity index (χ1) is 11.9. The number of anilines is 1. The predicted octanol–water partition coefficient (Wildman–Crippen LogP) is 2.85. The monoisotopic (exact) mass is 379 g/mol. The summed E-state index contributed by atoms with van der Waals surface area (Å²) in [7, 11) is -3.67. The van der Waals surface area contributed by atoms with E-state index in [4.69, 9.17) is 0 Å². The maximum Gasteiger partial charge on any atom is 0.263 e. The Labute approximate surface area is 151 Å². The third-order valence-electron chi connectivity index (χ3n) is 4.17. The molecule has 1 aliphatic carbocycles. The first kappa shape index (κ1) is 17.9. The molecular formula is C17H21N3O3S2. The molecule has 1 amide bonds. The summed E-state index contributed by atoms with van der Waals surface area (Å²) in [5.74, 6) is -0.0647. The molecule has 0 aliphatic heterocycles. The van der Waals surface area contributed by atoms with Crippen LogP contribution >= 0.6 is 11.3 Å². The van der Waals surface area contributed by atoms with E-state index in [0.717, 1.165) is 31.2 Å². The quantitative estimate of drug-likeness (QED) is 0.808. The average Bonchev–Trinajstić information content (AvgIpc) is 3.19. The summed E-state index contributed by atoms with van der Waals surface area (Å²) in [6, 6.07) is 6.87. The molecule has 2 N–H and O–H groups in total. The fraction of sp³-hybridized carbons (Fsp3) is 0.412. The van der Waals surface area contributed by atoms with Gasteiger partial charge in [0, 0.05) is 11.4 Å². The molecule has 0 saturated heterocycles. The Morgan fingerprint density at radius 1 is 1.24 bits per heavy atom. The SMILES string of the molecule is Cc1ccc(S(=O)(=O)Nc2nc(CC(=O)NC3CCCC3)cs2)cc1. The zero-order valence-electron chi connectivity index (χ0n) is 14.0. The topological polar surface area (TPSA) is 88.2 Å². The lowest BCUT2D eigenvalue weighted by Gasteiger charge is -2.10. The van der Waals surface area contributed by atoms with Gasteiger partial charge in [-0.25, -0.2) is 13.4 Å². The normalized spacial score (nSPS) is 15.2. The number of aromatic nitrogens is 1. The van der Waals surface area contributed by atoms with Gasteiger partial charge >= 0.3 is 0 Å². The van der Waals surface area contributed by atoms with Gasteiger partial charge in [0.2, 0.25) is 5.91 Å². The fourth-order valence-electron chi connectivity index (χ4n) is 2.84. The minimum atomic E-state index is -3.67. The van der Waals surface area contributed by atoms with Gasteiger partial charge in [-0.1, -0.05) is 30.5 Å². The second-order valence-electron chi connectivity index (χ2n) is 6.29. The molecule has 1 aromatic carbocycles. The number of benzene rings is 1. The molecule has 1 saturated carbocycles. The number of hydrogen-bond donors (Lipinski definition) is 2. The number of nitrogens with zero attached hydrogens (tertiary/aromatic N) is 1. The highest BCUT2D eigenvalue weighted by atomic mass is 32.2. The van der Waals surface area contributed by atoms with Gasteiger partial charge in [0.05, 0.1) is 17.0 Å². The summed E-state index contributed by atoms with van der Waals surface area (Å²) in [5, 5.41) is 4.98. The van der Waals surface area contributed by atoms with Crippen molar-refractivity contribution in [3.05, 3.63) is 40.9 Å². The first-order valence-electron chi connectivity index (χ1n) is 8.26. The Bertz CT molecular complexity index is 838. The Morgan fingerprint density at radius 2 is 1.92 bits per heavy atom. The molecule has 1 heterocycles. The molecule has 0 unspecified atom stereocenters. The van der Waals surface area contributed by atoms with E-state index in [-0.39, 0.29) is 28.4 Å². The largest absolute Gasteiger partial charge is 0.353 e.